The summed E-state index contributed by atoms with van der Waals surface area (Å²) < 4.78 is 10.2. The van der Waals surface area contributed by atoms with Crippen molar-refractivity contribution in [3.8, 4) is 11.5 Å². The van der Waals surface area contributed by atoms with Gasteiger partial charge in [0.2, 0.25) is 0 Å². The number of hydrogen-bond donors (Lipinski definition) is 0. The second kappa shape index (κ2) is 5.52. The van der Waals surface area contributed by atoms with Crippen molar-refractivity contribution >= 4 is 5.78 Å². The van der Waals surface area contributed by atoms with Gasteiger partial charge in [-0.1, -0.05) is 0 Å². The summed E-state index contributed by atoms with van der Waals surface area (Å²) in [5, 5.41) is 0. The van der Waals surface area contributed by atoms with Gasteiger partial charge in [0, 0.05) is 17.3 Å². The fourth-order valence-corrected chi connectivity index (χ4v) is 1.84. The molecule has 4 heteroatoms. The van der Waals surface area contributed by atoms with Crippen LogP contribution in [0.5, 0.6) is 11.5 Å². The number of aromatic nitrogens is 1. The van der Waals surface area contributed by atoms with Crippen molar-refractivity contribution in [1.82, 2.24) is 4.98 Å². The highest BCUT2D eigenvalue weighted by atomic mass is 16.5. The molecule has 1 heterocycles. The van der Waals surface area contributed by atoms with E-state index in [9.17, 15) is 4.79 Å². The SMILES string of the molecule is COc1cncc(C(=O)c2ccc(OC)c(C)c2)c1. The molecule has 0 unspecified atom stereocenters. The topological polar surface area (TPSA) is 48.4 Å². The molecule has 0 saturated heterocycles. The van der Waals surface area contributed by atoms with Crippen molar-refractivity contribution in [2.75, 3.05) is 14.2 Å². The summed E-state index contributed by atoms with van der Waals surface area (Å²) in [5.74, 6) is 1.24. The Bertz CT molecular complexity index is 608. The minimum Gasteiger partial charge on any atom is -0.496 e. The van der Waals surface area contributed by atoms with Crippen LogP contribution >= 0.6 is 0 Å². The van der Waals surface area contributed by atoms with Gasteiger partial charge in [0.15, 0.2) is 5.78 Å². The summed E-state index contributed by atoms with van der Waals surface area (Å²) in [4.78, 5) is 16.3. The first-order valence-corrected chi connectivity index (χ1v) is 5.84. The molecule has 0 aliphatic rings. The molecule has 2 aromatic rings. The smallest absolute Gasteiger partial charge is 0.194 e. The van der Waals surface area contributed by atoms with Crippen LogP contribution in [0.3, 0.4) is 0 Å². The highest BCUT2D eigenvalue weighted by Gasteiger charge is 2.12. The number of rotatable bonds is 4. The lowest BCUT2D eigenvalue weighted by molar-refractivity contribution is 0.103. The van der Waals surface area contributed by atoms with Crippen LogP contribution in [-0.2, 0) is 0 Å². The van der Waals surface area contributed by atoms with Crippen molar-refractivity contribution in [2.45, 2.75) is 6.92 Å². The monoisotopic (exact) mass is 257 g/mol. The lowest BCUT2D eigenvalue weighted by atomic mass is 10.0. The number of carbonyl (C=O) groups excluding carboxylic acids is 1. The maximum atomic E-state index is 12.3. The number of hydrogen-bond acceptors (Lipinski definition) is 4. The molecule has 0 atom stereocenters. The Morgan fingerprint density at radius 2 is 1.84 bits per heavy atom. The molecule has 0 N–H and O–H groups in total. The summed E-state index contributed by atoms with van der Waals surface area (Å²) in [7, 11) is 3.15. The van der Waals surface area contributed by atoms with Crippen LogP contribution in [0, 0.1) is 6.92 Å². The first kappa shape index (κ1) is 13.1. The number of aryl methyl sites for hydroxylation is 1. The zero-order valence-corrected chi connectivity index (χ0v) is 11.1. The Morgan fingerprint density at radius 1 is 1.05 bits per heavy atom. The third-order valence-electron chi connectivity index (χ3n) is 2.87. The van der Waals surface area contributed by atoms with Crippen LogP contribution in [-0.4, -0.2) is 25.0 Å². The van der Waals surface area contributed by atoms with Gasteiger partial charge in [-0.25, -0.2) is 0 Å². The number of nitrogens with zero attached hydrogens (tertiary/aromatic N) is 1. The molecule has 0 saturated carbocycles. The van der Waals surface area contributed by atoms with Crippen LogP contribution < -0.4 is 9.47 Å². The van der Waals surface area contributed by atoms with Gasteiger partial charge in [0.25, 0.3) is 0 Å². The molecule has 0 bridgehead atoms. The molecule has 0 radical (unpaired) electrons. The number of ether oxygens (including phenoxy) is 2. The van der Waals surface area contributed by atoms with Crippen LogP contribution in [0.1, 0.15) is 21.5 Å². The average Bonchev–Trinajstić information content (AvgIpc) is 2.46. The molecular formula is C15H15NO3. The second-order valence-electron chi connectivity index (χ2n) is 4.13. The quantitative estimate of drug-likeness (QED) is 0.790. The third-order valence-corrected chi connectivity index (χ3v) is 2.87. The predicted octanol–water partition coefficient (Wildman–Crippen LogP) is 2.64. The maximum absolute atomic E-state index is 12.3. The number of ketones is 1. The second-order valence-corrected chi connectivity index (χ2v) is 4.13. The van der Waals surface area contributed by atoms with Crippen LogP contribution in [0.4, 0.5) is 0 Å². The predicted molar refractivity (Wildman–Crippen MR) is 72.0 cm³/mol. The van der Waals surface area contributed by atoms with Crippen LogP contribution in [0.2, 0.25) is 0 Å². The zero-order chi connectivity index (χ0) is 13.8. The van der Waals surface area contributed by atoms with Gasteiger partial charge in [0.1, 0.15) is 11.5 Å². The number of benzene rings is 1. The van der Waals surface area contributed by atoms with E-state index in [1.165, 1.54) is 6.20 Å². The molecule has 0 aliphatic heterocycles. The van der Waals surface area contributed by atoms with E-state index in [0.717, 1.165) is 11.3 Å². The summed E-state index contributed by atoms with van der Waals surface area (Å²) in [5.41, 5.74) is 2.03. The zero-order valence-electron chi connectivity index (χ0n) is 11.1. The third kappa shape index (κ3) is 2.73. The van der Waals surface area contributed by atoms with Gasteiger partial charge < -0.3 is 9.47 Å². The minimum atomic E-state index is -0.0860. The van der Waals surface area contributed by atoms with E-state index < -0.39 is 0 Å². The van der Waals surface area contributed by atoms with Crippen molar-refractivity contribution in [1.29, 1.82) is 0 Å². The van der Waals surface area contributed by atoms with E-state index in [-0.39, 0.29) is 5.78 Å². The number of carbonyl (C=O) groups is 1. The lowest BCUT2D eigenvalue weighted by Gasteiger charge is -2.07. The highest BCUT2D eigenvalue weighted by Crippen LogP contribution is 2.21. The van der Waals surface area contributed by atoms with E-state index in [1.54, 1.807) is 44.7 Å². The Morgan fingerprint density at radius 3 is 2.47 bits per heavy atom. The Kier molecular flexibility index (Phi) is 3.80. The molecule has 0 aliphatic carbocycles. The van der Waals surface area contributed by atoms with E-state index in [1.807, 2.05) is 6.92 Å². The Hall–Kier alpha value is -2.36. The average molecular weight is 257 g/mol. The summed E-state index contributed by atoms with van der Waals surface area (Å²) in [6.45, 7) is 1.90. The number of methoxy groups -OCH3 is 2. The van der Waals surface area contributed by atoms with Gasteiger partial charge in [0.05, 0.1) is 20.4 Å². The lowest BCUT2D eigenvalue weighted by Crippen LogP contribution is -2.03. The summed E-state index contributed by atoms with van der Waals surface area (Å²) in [6.07, 6.45) is 3.10. The molecule has 1 aromatic heterocycles. The molecule has 98 valence electrons. The molecule has 19 heavy (non-hydrogen) atoms. The minimum absolute atomic E-state index is 0.0860. The number of pyridine rings is 1. The summed E-state index contributed by atoms with van der Waals surface area (Å²) >= 11 is 0. The fourth-order valence-electron chi connectivity index (χ4n) is 1.84. The first-order chi connectivity index (χ1) is 9.15. The molecule has 0 spiro atoms. The van der Waals surface area contributed by atoms with E-state index in [2.05, 4.69) is 4.98 Å². The van der Waals surface area contributed by atoms with Gasteiger partial charge in [-0.3, -0.25) is 9.78 Å². The van der Waals surface area contributed by atoms with Crippen molar-refractivity contribution in [2.24, 2.45) is 0 Å². The molecular weight excluding hydrogens is 242 g/mol. The first-order valence-electron chi connectivity index (χ1n) is 5.84. The van der Waals surface area contributed by atoms with E-state index >= 15 is 0 Å². The maximum Gasteiger partial charge on any atom is 0.194 e. The highest BCUT2D eigenvalue weighted by molar-refractivity contribution is 6.09. The van der Waals surface area contributed by atoms with Crippen molar-refractivity contribution < 1.29 is 14.3 Å². The van der Waals surface area contributed by atoms with Crippen LogP contribution in [0.25, 0.3) is 0 Å². The standard InChI is InChI=1S/C15H15NO3/c1-10-6-11(4-5-14(10)19-3)15(17)12-7-13(18-2)9-16-8-12/h4-9H,1-3H3. The van der Waals surface area contributed by atoms with Crippen molar-refractivity contribution in [3.05, 3.63) is 53.3 Å². The largest absolute Gasteiger partial charge is 0.496 e. The van der Waals surface area contributed by atoms with Crippen LogP contribution in [0.15, 0.2) is 36.7 Å². The molecule has 2 rings (SSSR count). The normalized spacial score (nSPS) is 10.1. The molecule has 4 nitrogen and oxygen atoms in total. The summed E-state index contributed by atoms with van der Waals surface area (Å²) in [6, 6.07) is 7.01. The molecule has 1 aromatic carbocycles. The fraction of sp³-hybridized carbons (Fsp3) is 0.200. The molecule has 0 fully saturated rings. The van der Waals surface area contributed by atoms with Crippen molar-refractivity contribution in [3.63, 3.8) is 0 Å². The van der Waals surface area contributed by atoms with Gasteiger partial charge in [-0.05, 0) is 36.8 Å². The van der Waals surface area contributed by atoms with E-state index in [4.69, 9.17) is 9.47 Å². The van der Waals surface area contributed by atoms with Gasteiger partial charge in [-0.2, -0.15) is 0 Å². The van der Waals surface area contributed by atoms with Gasteiger partial charge in [-0.15, -0.1) is 0 Å². The molecule has 0 amide bonds. The van der Waals surface area contributed by atoms with Gasteiger partial charge >= 0.3 is 0 Å². The Labute approximate surface area is 112 Å². The van der Waals surface area contributed by atoms with E-state index in [0.29, 0.717) is 16.9 Å². The Balaban J connectivity index is 2.35.